The standard InChI is InChI=1S/C40H61N5O9/c1-38(2,3)45(37(50)52-28-30-19-14-11-15-20-30)24-22-31(43-35(48)51-27-29-17-12-10-13-18-29)25-33(46)42-26-32(44-36(49)54-40(7,8)9)21-16-23-41-34(47)53-39(4,5)6/h10-15,17-20,31-32H,16,21-28H2,1-9H3,(H,41,47)(H,42,46)(H,43,48)(H,44,49)/t31?,32-/m0/s1. The lowest BCUT2D eigenvalue weighted by Gasteiger charge is -2.35. The second-order valence-electron chi connectivity index (χ2n) is 16.0. The highest BCUT2D eigenvalue weighted by atomic mass is 16.6. The number of nitrogens with one attached hydrogen (secondary N) is 4. The van der Waals surface area contributed by atoms with Crippen molar-refractivity contribution in [3.05, 3.63) is 71.8 Å². The highest BCUT2D eigenvalue weighted by Crippen LogP contribution is 2.18. The third-order valence-corrected chi connectivity index (χ3v) is 7.57. The van der Waals surface area contributed by atoms with Crippen molar-refractivity contribution in [2.75, 3.05) is 19.6 Å². The predicted molar refractivity (Wildman–Crippen MR) is 206 cm³/mol. The van der Waals surface area contributed by atoms with Gasteiger partial charge < -0.3 is 45.1 Å². The number of carbonyl (C=O) groups is 5. The van der Waals surface area contributed by atoms with Crippen molar-refractivity contribution in [1.29, 1.82) is 0 Å². The zero-order chi connectivity index (χ0) is 40.4. The summed E-state index contributed by atoms with van der Waals surface area (Å²) in [6.07, 6.45) is -1.51. The van der Waals surface area contributed by atoms with E-state index in [0.717, 1.165) is 11.1 Å². The first-order valence-electron chi connectivity index (χ1n) is 18.4. The van der Waals surface area contributed by atoms with Crippen LogP contribution in [0.2, 0.25) is 0 Å². The van der Waals surface area contributed by atoms with Gasteiger partial charge in [0, 0.05) is 43.7 Å². The number of carbonyl (C=O) groups excluding carboxylic acids is 5. The fourth-order valence-electron chi connectivity index (χ4n) is 5.03. The molecule has 0 saturated heterocycles. The summed E-state index contributed by atoms with van der Waals surface area (Å²) < 4.78 is 21.8. The minimum Gasteiger partial charge on any atom is -0.445 e. The van der Waals surface area contributed by atoms with Crippen molar-refractivity contribution >= 4 is 30.3 Å². The molecule has 0 radical (unpaired) electrons. The van der Waals surface area contributed by atoms with Crippen molar-refractivity contribution in [2.24, 2.45) is 0 Å². The fraction of sp³-hybridized carbons (Fsp3) is 0.575. The van der Waals surface area contributed by atoms with E-state index in [-0.39, 0.29) is 45.7 Å². The number of hydrogen-bond donors (Lipinski definition) is 4. The van der Waals surface area contributed by atoms with E-state index >= 15 is 0 Å². The molecule has 2 rings (SSSR count). The molecular formula is C40H61N5O9. The molecule has 14 nitrogen and oxygen atoms in total. The molecule has 0 saturated carbocycles. The van der Waals surface area contributed by atoms with Gasteiger partial charge in [0.05, 0.1) is 0 Å². The van der Waals surface area contributed by atoms with E-state index in [1.54, 1.807) is 46.4 Å². The maximum Gasteiger partial charge on any atom is 0.410 e. The minimum absolute atomic E-state index is 0.0340. The molecule has 4 N–H and O–H groups in total. The van der Waals surface area contributed by atoms with Gasteiger partial charge in [0.15, 0.2) is 0 Å². The molecular weight excluding hydrogens is 694 g/mol. The SMILES string of the molecule is CC(C)(C)OC(=O)NCCC[C@@H](CNC(=O)CC(CCN(C(=O)OCc1ccccc1)C(C)(C)C)NC(=O)OCc1ccccc1)NC(=O)OC(C)(C)C. The van der Waals surface area contributed by atoms with E-state index in [1.807, 2.05) is 81.4 Å². The summed E-state index contributed by atoms with van der Waals surface area (Å²) in [5.74, 6) is -0.403. The number of hydrogen-bond acceptors (Lipinski definition) is 9. The summed E-state index contributed by atoms with van der Waals surface area (Å²) in [7, 11) is 0. The van der Waals surface area contributed by atoms with E-state index in [2.05, 4.69) is 21.3 Å². The topological polar surface area (TPSA) is 174 Å². The Kier molecular flexibility index (Phi) is 18.1. The molecule has 0 aliphatic rings. The van der Waals surface area contributed by atoms with Crippen molar-refractivity contribution < 1.29 is 42.9 Å². The number of nitrogens with zero attached hydrogens (tertiary/aromatic N) is 1. The molecule has 1 unspecified atom stereocenters. The molecule has 0 spiro atoms. The lowest BCUT2D eigenvalue weighted by atomic mass is 10.0. The fourth-order valence-corrected chi connectivity index (χ4v) is 5.03. The minimum atomic E-state index is -0.737. The van der Waals surface area contributed by atoms with Gasteiger partial charge in [-0.05, 0) is 92.7 Å². The number of rotatable bonds is 17. The molecule has 0 aliphatic carbocycles. The first-order chi connectivity index (χ1) is 25.2. The Balaban J connectivity index is 2.11. The highest BCUT2D eigenvalue weighted by Gasteiger charge is 2.30. The maximum atomic E-state index is 13.4. The molecule has 5 amide bonds. The summed E-state index contributed by atoms with van der Waals surface area (Å²) >= 11 is 0. The maximum absolute atomic E-state index is 13.4. The van der Waals surface area contributed by atoms with Crippen LogP contribution in [0.25, 0.3) is 0 Å². The Morgan fingerprint density at radius 3 is 1.69 bits per heavy atom. The van der Waals surface area contributed by atoms with Crippen molar-refractivity contribution in [1.82, 2.24) is 26.2 Å². The summed E-state index contributed by atoms with van der Waals surface area (Å²) in [6, 6.07) is 17.3. The molecule has 0 bridgehead atoms. The van der Waals surface area contributed by atoms with Crippen LogP contribution in [0.15, 0.2) is 60.7 Å². The van der Waals surface area contributed by atoms with Crippen LogP contribution < -0.4 is 21.3 Å². The molecule has 2 aromatic rings. The zero-order valence-electron chi connectivity index (χ0n) is 33.4. The van der Waals surface area contributed by atoms with Crippen LogP contribution in [0.1, 0.15) is 99.1 Å². The average molecular weight is 756 g/mol. The number of alkyl carbamates (subject to hydrolysis) is 3. The van der Waals surface area contributed by atoms with Crippen LogP contribution in [0, 0.1) is 0 Å². The number of ether oxygens (including phenoxy) is 4. The summed E-state index contributed by atoms with van der Waals surface area (Å²) in [5, 5.41) is 11.1. The summed E-state index contributed by atoms with van der Waals surface area (Å²) in [4.78, 5) is 65.9. The molecule has 54 heavy (non-hydrogen) atoms. The quantitative estimate of drug-likeness (QED) is 0.0999. The molecule has 2 aromatic carbocycles. The molecule has 0 fully saturated rings. The largest absolute Gasteiger partial charge is 0.445 e. The van der Waals surface area contributed by atoms with Gasteiger partial charge in [0.1, 0.15) is 24.4 Å². The van der Waals surface area contributed by atoms with Gasteiger partial charge in [-0.25, -0.2) is 19.2 Å². The first-order valence-corrected chi connectivity index (χ1v) is 18.4. The van der Waals surface area contributed by atoms with Crippen molar-refractivity contribution in [3.8, 4) is 0 Å². The van der Waals surface area contributed by atoms with Crippen LogP contribution in [0.5, 0.6) is 0 Å². The van der Waals surface area contributed by atoms with Gasteiger partial charge in [-0.1, -0.05) is 60.7 Å². The molecule has 14 heteroatoms. The van der Waals surface area contributed by atoms with Gasteiger partial charge in [0.2, 0.25) is 5.91 Å². The smallest absolute Gasteiger partial charge is 0.410 e. The van der Waals surface area contributed by atoms with Crippen LogP contribution in [-0.4, -0.2) is 83.6 Å². The molecule has 0 aliphatic heterocycles. The van der Waals surface area contributed by atoms with Gasteiger partial charge in [-0.3, -0.25) is 4.79 Å². The van der Waals surface area contributed by atoms with Crippen LogP contribution in [-0.2, 0) is 37.0 Å². The number of amides is 5. The van der Waals surface area contributed by atoms with E-state index < -0.39 is 59.1 Å². The third kappa shape index (κ3) is 20.3. The van der Waals surface area contributed by atoms with E-state index in [0.29, 0.717) is 12.8 Å². The molecule has 0 heterocycles. The van der Waals surface area contributed by atoms with Gasteiger partial charge in [-0.15, -0.1) is 0 Å². The predicted octanol–water partition coefficient (Wildman–Crippen LogP) is 6.81. The highest BCUT2D eigenvalue weighted by molar-refractivity contribution is 5.78. The lowest BCUT2D eigenvalue weighted by Crippen LogP contribution is -2.49. The van der Waals surface area contributed by atoms with Crippen LogP contribution in [0.3, 0.4) is 0 Å². The zero-order valence-corrected chi connectivity index (χ0v) is 33.4. The number of benzene rings is 2. The Morgan fingerprint density at radius 2 is 1.15 bits per heavy atom. The lowest BCUT2D eigenvalue weighted by molar-refractivity contribution is -0.121. The average Bonchev–Trinajstić information content (AvgIpc) is 3.05. The van der Waals surface area contributed by atoms with Crippen molar-refractivity contribution in [3.63, 3.8) is 0 Å². The van der Waals surface area contributed by atoms with E-state index in [1.165, 1.54) is 0 Å². The van der Waals surface area contributed by atoms with Gasteiger partial charge in [-0.2, -0.15) is 0 Å². The van der Waals surface area contributed by atoms with E-state index in [9.17, 15) is 24.0 Å². The second kappa shape index (κ2) is 21.6. The normalized spacial score (nSPS) is 12.7. The van der Waals surface area contributed by atoms with Crippen molar-refractivity contribution in [2.45, 2.75) is 130 Å². The summed E-state index contributed by atoms with van der Waals surface area (Å²) in [6.45, 7) is 16.8. The first kappa shape index (κ1) is 45.1. The van der Waals surface area contributed by atoms with Gasteiger partial charge in [0.25, 0.3) is 0 Å². The van der Waals surface area contributed by atoms with Crippen LogP contribution >= 0.6 is 0 Å². The molecule has 0 aromatic heterocycles. The Morgan fingerprint density at radius 1 is 0.630 bits per heavy atom. The third-order valence-electron chi connectivity index (χ3n) is 7.57. The van der Waals surface area contributed by atoms with Crippen LogP contribution in [0.4, 0.5) is 19.2 Å². The monoisotopic (exact) mass is 755 g/mol. The Hall–Kier alpha value is -5.01. The Bertz CT molecular complexity index is 1470. The van der Waals surface area contributed by atoms with E-state index in [4.69, 9.17) is 18.9 Å². The molecule has 300 valence electrons. The summed E-state index contributed by atoms with van der Waals surface area (Å²) in [5.41, 5.74) is -0.369. The second-order valence-corrected chi connectivity index (χ2v) is 16.0. The Labute approximate surface area is 320 Å². The molecule has 2 atom stereocenters. The van der Waals surface area contributed by atoms with Gasteiger partial charge >= 0.3 is 24.4 Å².